The Morgan fingerprint density at radius 3 is 2.59 bits per heavy atom. The van der Waals surface area contributed by atoms with Crippen molar-refractivity contribution >= 4 is 22.9 Å². The molecule has 1 aliphatic heterocycles. The molecule has 0 spiro atoms. The molecule has 0 amide bonds. The van der Waals surface area contributed by atoms with Gasteiger partial charge in [-0.15, -0.1) is 0 Å². The van der Waals surface area contributed by atoms with Crippen molar-refractivity contribution < 1.29 is 0 Å². The van der Waals surface area contributed by atoms with Crippen molar-refractivity contribution in [2.75, 3.05) is 11.4 Å². The van der Waals surface area contributed by atoms with E-state index in [0.717, 1.165) is 12.1 Å². The van der Waals surface area contributed by atoms with E-state index >= 15 is 0 Å². The maximum Gasteiger partial charge on any atom is 0.103 e. The van der Waals surface area contributed by atoms with Gasteiger partial charge in [0.1, 0.15) is 4.99 Å². The third-order valence-electron chi connectivity index (χ3n) is 3.54. The van der Waals surface area contributed by atoms with Crippen LogP contribution in [0.1, 0.15) is 38.2 Å². The highest BCUT2D eigenvalue weighted by atomic mass is 32.1. The van der Waals surface area contributed by atoms with Gasteiger partial charge in [0.2, 0.25) is 0 Å². The molecule has 1 heterocycles. The fraction of sp³-hybridized carbons (Fsp3) is 0.500. The Kier molecular flexibility index (Phi) is 4.00. The number of benzene rings is 1. The van der Waals surface area contributed by atoms with Gasteiger partial charge in [-0.2, -0.15) is 0 Å². The Bertz CT molecular complexity index is 386. The zero-order chi connectivity index (χ0) is 12.3. The average molecular weight is 248 g/mol. The summed E-state index contributed by atoms with van der Waals surface area (Å²) in [6, 6.07) is 8.95. The molecular formula is C14H20N2S. The van der Waals surface area contributed by atoms with E-state index in [1.54, 1.807) is 0 Å². The van der Waals surface area contributed by atoms with Gasteiger partial charge >= 0.3 is 0 Å². The van der Waals surface area contributed by atoms with E-state index < -0.39 is 0 Å². The van der Waals surface area contributed by atoms with Gasteiger partial charge in [0.25, 0.3) is 0 Å². The van der Waals surface area contributed by atoms with Crippen LogP contribution in [0.5, 0.6) is 0 Å². The molecule has 0 aliphatic carbocycles. The average Bonchev–Trinajstić information content (AvgIpc) is 2.54. The summed E-state index contributed by atoms with van der Waals surface area (Å²) >= 11 is 4.97. The molecular weight excluding hydrogens is 228 g/mol. The number of hydrogen-bond acceptors (Lipinski definition) is 2. The molecule has 1 fully saturated rings. The molecule has 0 saturated carbocycles. The van der Waals surface area contributed by atoms with Gasteiger partial charge in [-0.3, -0.25) is 0 Å². The topological polar surface area (TPSA) is 29.3 Å². The minimum Gasteiger partial charge on any atom is -0.389 e. The lowest BCUT2D eigenvalue weighted by atomic mass is 10.1. The molecule has 1 aromatic carbocycles. The standard InChI is InChI=1S/C14H20N2S/c1-11-5-3-2-4-10-16(11)13-8-6-12(7-9-13)14(15)17/h6-9,11H,2-5,10H2,1H3,(H2,15,17). The summed E-state index contributed by atoms with van der Waals surface area (Å²) in [6.45, 7) is 3.47. The second kappa shape index (κ2) is 5.50. The van der Waals surface area contributed by atoms with Gasteiger partial charge in [-0.1, -0.05) is 25.1 Å². The molecule has 3 heteroatoms. The fourth-order valence-corrected chi connectivity index (χ4v) is 2.61. The van der Waals surface area contributed by atoms with E-state index in [1.165, 1.54) is 31.4 Å². The molecule has 1 saturated heterocycles. The summed E-state index contributed by atoms with van der Waals surface area (Å²) in [5, 5.41) is 0. The van der Waals surface area contributed by atoms with Crippen molar-refractivity contribution in [2.24, 2.45) is 5.73 Å². The monoisotopic (exact) mass is 248 g/mol. The summed E-state index contributed by atoms with van der Waals surface area (Å²) in [5.74, 6) is 0. The largest absolute Gasteiger partial charge is 0.389 e. The number of rotatable bonds is 2. The lowest BCUT2D eigenvalue weighted by molar-refractivity contribution is 0.616. The van der Waals surface area contributed by atoms with E-state index in [2.05, 4.69) is 24.0 Å². The van der Waals surface area contributed by atoms with Gasteiger partial charge in [0, 0.05) is 23.8 Å². The molecule has 1 unspecified atom stereocenters. The first kappa shape index (κ1) is 12.4. The van der Waals surface area contributed by atoms with Crippen molar-refractivity contribution in [2.45, 2.75) is 38.6 Å². The molecule has 1 aliphatic rings. The summed E-state index contributed by atoms with van der Waals surface area (Å²) in [7, 11) is 0. The quantitative estimate of drug-likeness (QED) is 0.816. The van der Waals surface area contributed by atoms with Crippen LogP contribution in [-0.2, 0) is 0 Å². The first-order valence-corrected chi connectivity index (χ1v) is 6.76. The molecule has 17 heavy (non-hydrogen) atoms. The second-order valence-corrected chi connectivity index (χ2v) is 5.24. The number of hydrogen-bond donors (Lipinski definition) is 1. The van der Waals surface area contributed by atoms with E-state index in [0.29, 0.717) is 11.0 Å². The van der Waals surface area contributed by atoms with Crippen molar-refractivity contribution in [3.8, 4) is 0 Å². The Morgan fingerprint density at radius 1 is 1.24 bits per heavy atom. The Labute approximate surface area is 109 Å². The lowest BCUT2D eigenvalue weighted by Crippen LogP contribution is -2.32. The molecule has 0 bridgehead atoms. The predicted octanol–water partition coefficient (Wildman–Crippen LogP) is 3.09. The Hall–Kier alpha value is -1.09. The van der Waals surface area contributed by atoms with Crippen LogP contribution in [0.2, 0.25) is 0 Å². The van der Waals surface area contributed by atoms with E-state index in [9.17, 15) is 0 Å². The van der Waals surface area contributed by atoms with Crippen LogP contribution in [0.15, 0.2) is 24.3 Å². The lowest BCUT2D eigenvalue weighted by Gasteiger charge is -2.29. The minimum absolute atomic E-state index is 0.473. The molecule has 2 nitrogen and oxygen atoms in total. The van der Waals surface area contributed by atoms with Crippen molar-refractivity contribution in [1.29, 1.82) is 0 Å². The highest BCUT2D eigenvalue weighted by Crippen LogP contribution is 2.24. The van der Waals surface area contributed by atoms with Crippen LogP contribution in [-0.4, -0.2) is 17.6 Å². The molecule has 0 aromatic heterocycles. The maximum absolute atomic E-state index is 5.61. The number of thiocarbonyl (C=S) groups is 1. The Balaban J connectivity index is 2.17. The van der Waals surface area contributed by atoms with Crippen molar-refractivity contribution in [1.82, 2.24) is 0 Å². The highest BCUT2D eigenvalue weighted by Gasteiger charge is 2.16. The molecule has 1 aromatic rings. The zero-order valence-corrected chi connectivity index (χ0v) is 11.2. The van der Waals surface area contributed by atoms with E-state index in [1.807, 2.05) is 12.1 Å². The van der Waals surface area contributed by atoms with Crippen LogP contribution in [0, 0.1) is 0 Å². The Morgan fingerprint density at radius 2 is 1.94 bits per heavy atom. The number of nitrogens with zero attached hydrogens (tertiary/aromatic N) is 1. The molecule has 2 N–H and O–H groups in total. The van der Waals surface area contributed by atoms with Gasteiger partial charge in [0.15, 0.2) is 0 Å². The fourth-order valence-electron chi connectivity index (χ4n) is 2.48. The summed E-state index contributed by atoms with van der Waals surface area (Å²) in [6.07, 6.45) is 5.28. The number of anilines is 1. The van der Waals surface area contributed by atoms with Crippen LogP contribution in [0.3, 0.4) is 0 Å². The molecule has 2 rings (SSSR count). The van der Waals surface area contributed by atoms with E-state index in [-0.39, 0.29) is 0 Å². The van der Waals surface area contributed by atoms with Crippen molar-refractivity contribution in [3.63, 3.8) is 0 Å². The third-order valence-corrected chi connectivity index (χ3v) is 3.77. The van der Waals surface area contributed by atoms with Gasteiger partial charge < -0.3 is 10.6 Å². The zero-order valence-electron chi connectivity index (χ0n) is 10.4. The van der Waals surface area contributed by atoms with Crippen LogP contribution in [0.25, 0.3) is 0 Å². The molecule has 1 atom stereocenters. The van der Waals surface area contributed by atoms with Crippen molar-refractivity contribution in [3.05, 3.63) is 29.8 Å². The third kappa shape index (κ3) is 2.97. The first-order chi connectivity index (χ1) is 8.18. The summed E-state index contributed by atoms with van der Waals surface area (Å²) in [5.41, 5.74) is 7.85. The number of nitrogens with two attached hydrogens (primary N) is 1. The smallest absolute Gasteiger partial charge is 0.103 e. The van der Waals surface area contributed by atoms with E-state index in [4.69, 9.17) is 18.0 Å². The SMILES string of the molecule is CC1CCCCCN1c1ccc(C(N)=S)cc1. The minimum atomic E-state index is 0.473. The second-order valence-electron chi connectivity index (χ2n) is 4.80. The van der Waals surface area contributed by atoms with Crippen LogP contribution in [0.4, 0.5) is 5.69 Å². The normalized spacial score (nSPS) is 21.0. The summed E-state index contributed by atoms with van der Waals surface area (Å²) < 4.78 is 0. The van der Waals surface area contributed by atoms with Gasteiger partial charge in [-0.05, 0) is 44.0 Å². The highest BCUT2D eigenvalue weighted by molar-refractivity contribution is 7.80. The molecule has 92 valence electrons. The first-order valence-electron chi connectivity index (χ1n) is 6.35. The van der Waals surface area contributed by atoms with Crippen LogP contribution >= 0.6 is 12.2 Å². The summed E-state index contributed by atoms with van der Waals surface area (Å²) in [4.78, 5) is 2.97. The predicted molar refractivity (Wildman–Crippen MR) is 77.6 cm³/mol. The van der Waals surface area contributed by atoms with Gasteiger partial charge in [0.05, 0.1) is 0 Å². The maximum atomic E-state index is 5.61. The molecule has 0 radical (unpaired) electrons. The van der Waals surface area contributed by atoms with Crippen LogP contribution < -0.4 is 10.6 Å². The van der Waals surface area contributed by atoms with Gasteiger partial charge in [-0.25, -0.2) is 0 Å².